The Bertz CT molecular complexity index is 732. The van der Waals surface area contributed by atoms with Crippen molar-refractivity contribution in [3.05, 3.63) is 54.1 Å². The topological polar surface area (TPSA) is 67.4 Å². The Morgan fingerprint density at radius 1 is 1.12 bits per heavy atom. The number of hydrogen-bond donors (Lipinski definition) is 2. The number of carbonyl (C=O) groups is 2. The van der Waals surface area contributed by atoms with E-state index in [4.69, 9.17) is 4.74 Å². The van der Waals surface area contributed by atoms with Crippen LogP contribution in [-0.2, 0) is 16.1 Å². The summed E-state index contributed by atoms with van der Waals surface area (Å²) in [4.78, 5) is 24.3. The smallest absolute Gasteiger partial charge is 0.233 e. The van der Waals surface area contributed by atoms with E-state index in [1.807, 2.05) is 55.5 Å². The van der Waals surface area contributed by atoms with Crippen LogP contribution in [0.2, 0.25) is 0 Å². The Morgan fingerprint density at radius 2 is 1.80 bits per heavy atom. The molecule has 2 rings (SSSR count). The van der Waals surface area contributed by atoms with Crippen LogP contribution in [0.4, 0.5) is 5.69 Å². The lowest BCUT2D eigenvalue weighted by atomic mass is 10.2. The fraction of sp³-hybridized carbons (Fsp3) is 0.263. The van der Waals surface area contributed by atoms with Gasteiger partial charge in [-0.25, -0.2) is 0 Å². The van der Waals surface area contributed by atoms with Crippen molar-refractivity contribution in [2.75, 3.05) is 12.4 Å². The molecule has 1 unspecified atom stereocenters. The Hall–Kier alpha value is -2.47. The first-order valence-electron chi connectivity index (χ1n) is 7.93. The highest BCUT2D eigenvalue weighted by molar-refractivity contribution is 8.00. The van der Waals surface area contributed by atoms with Crippen LogP contribution in [-0.4, -0.2) is 24.2 Å². The van der Waals surface area contributed by atoms with E-state index in [1.165, 1.54) is 18.7 Å². The molecule has 2 aromatic rings. The van der Waals surface area contributed by atoms with Gasteiger partial charge in [0.25, 0.3) is 0 Å². The average Bonchev–Trinajstić information content (AvgIpc) is 2.61. The molecule has 2 N–H and O–H groups in total. The molecule has 2 amide bonds. The zero-order chi connectivity index (χ0) is 18.2. The third-order valence-electron chi connectivity index (χ3n) is 3.50. The van der Waals surface area contributed by atoms with Gasteiger partial charge in [0.2, 0.25) is 11.8 Å². The number of methoxy groups -OCH3 is 1. The molecule has 0 saturated heterocycles. The maximum Gasteiger partial charge on any atom is 0.233 e. The number of carbonyl (C=O) groups excluding carboxylic acids is 2. The third kappa shape index (κ3) is 5.83. The molecule has 25 heavy (non-hydrogen) atoms. The van der Waals surface area contributed by atoms with Crippen LogP contribution in [0.3, 0.4) is 0 Å². The van der Waals surface area contributed by atoms with E-state index in [9.17, 15) is 9.59 Å². The lowest BCUT2D eigenvalue weighted by molar-refractivity contribution is -0.120. The molecular weight excluding hydrogens is 336 g/mol. The predicted molar refractivity (Wildman–Crippen MR) is 101 cm³/mol. The molecule has 132 valence electrons. The summed E-state index contributed by atoms with van der Waals surface area (Å²) in [5.41, 5.74) is 1.68. The van der Waals surface area contributed by atoms with Crippen molar-refractivity contribution >= 4 is 29.3 Å². The summed E-state index contributed by atoms with van der Waals surface area (Å²) in [5.74, 6) is 0.614. The van der Waals surface area contributed by atoms with Gasteiger partial charge >= 0.3 is 0 Å². The van der Waals surface area contributed by atoms with Gasteiger partial charge in [-0.1, -0.05) is 18.2 Å². The zero-order valence-electron chi connectivity index (χ0n) is 14.5. The van der Waals surface area contributed by atoms with Crippen LogP contribution < -0.4 is 15.4 Å². The maximum atomic E-state index is 12.3. The molecule has 0 bridgehead atoms. The number of amides is 2. The van der Waals surface area contributed by atoms with Crippen molar-refractivity contribution in [2.45, 2.75) is 30.5 Å². The Balaban J connectivity index is 1.88. The van der Waals surface area contributed by atoms with Gasteiger partial charge < -0.3 is 15.4 Å². The molecule has 0 radical (unpaired) electrons. The van der Waals surface area contributed by atoms with Crippen LogP contribution in [0, 0.1) is 0 Å². The number of thioether (sulfide) groups is 1. The van der Waals surface area contributed by atoms with Crippen LogP contribution >= 0.6 is 11.8 Å². The van der Waals surface area contributed by atoms with E-state index in [2.05, 4.69) is 10.6 Å². The lowest BCUT2D eigenvalue weighted by Crippen LogP contribution is -2.30. The standard InChI is InChI=1S/C19H22N2O3S/c1-13(25-17-10-8-16(9-11-17)21-14(2)22)19(23)20-12-15-6-4-5-7-18(15)24-3/h4-11,13H,12H2,1-3H3,(H,20,23)(H,21,22). The highest BCUT2D eigenvalue weighted by Gasteiger charge is 2.14. The Kier molecular flexibility index (Phi) is 6.89. The van der Waals surface area contributed by atoms with E-state index in [1.54, 1.807) is 7.11 Å². The number of ether oxygens (including phenoxy) is 1. The number of hydrogen-bond acceptors (Lipinski definition) is 4. The average molecular weight is 358 g/mol. The number of nitrogens with one attached hydrogen (secondary N) is 2. The second-order valence-corrected chi connectivity index (χ2v) is 6.91. The third-order valence-corrected chi connectivity index (χ3v) is 4.61. The fourth-order valence-electron chi connectivity index (χ4n) is 2.25. The quantitative estimate of drug-likeness (QED) is 0.744. The molecule has 0 saturated carbocycles. The molecule has 0 aliphatic rings. The number of anilines is 1. The largest absolute Gasteiger partial charge is 0.496 e. The second kappa shape index (κ2) is 9.13. The van der Waals surface area contributed by atoms with E-state index in [0.29, 0.717) is 6.54 Å². The van der Waals surface area contributed by atoms with Crippen molar-refractivity contribution in [1.29, 1.82) is 0 Å². The maximum absolute atomic E-state index is 12.3. The van der Waals surface area contributed by atoms with Crippen LogP contribution in [0.15, 0.2) is 53.4 Å². The van der Waals surface area contributed by atoms with E-state index >= 15 is 0 Å². The normalized spacial score (nSPS) is 11.5. The van der Waals surface area contributed by atoms with Gasteiger partial charge in [0.05, 0.1) is 12.4 Å². The molecule has 0 aliphatic carbocycles. The van der Waals surface area contributed by atoms with Gasteiger partial charge in [-0.2, -0.15) is 0 Å². The predicted octanol–water partition coefficient (Wildman–Crippen LogP) is 3.45. The molecule has 0 spiro atoms. The van der Waals surface area contributed by atoms with Gasteiger partial charge in [0, 0.05) is 29.6 Å². The molecule has 0 aromatic heterocycles. The van der Waals surface area contributed by atoms with E-state index in [0.717, 1.165) is 21.9 Å². The summed E-state index contributed by atoms with van der Waals surface area (Å²) < 4.78 is 5.29. The SMILES string of the molecule is COc1ccccc1CNC(=O)C(C)Sc1ccc(NC(C)=O)cc1. The number of para-hydroxylation sites is 1. The number of rotatable bonds is 7. The molecule has 6 heteroatoms. The molecule has 0 fully saturated rings. The summed E-state index contributed by atoms with van der Waals surface area (Å²) in [7, 11) is 1.61. The van der Waals surface area contributed by atoms with Gasteiger partial charge in [0.1, 0.15) is 5.75 Å². The van der Waals surface area contributed by atoms with Crippen molar-refractivity contribution in [3.8, 4) is 5.75 Å². The second-order valence-electron chi connectivity index (χ2n) is 5.50. The van der Waals surface area contributed by atoms with Crippen LogP contribution in [0.5, 0.6) is 5.75 Å². The highest BCUT2D eigenvalue weighted by Crippen LogP contribution is 2.25. The first-order chi connectivity index (χ1) is 12.0. The molecule has 0 heterocycles. The summed E-state index contributed by atoms with van der Waals surface area (Å²) in [6.45, 7) is 3.76. The Labute approximate surface area is 152 Å². The van der Waals surface area contributed by atoms with Crippen molar-refractivity contribution in [2.24, 2.45) is 0 Å². The van der Waals surface area contributed by atoms with Crippen molar-refractivity contribution in [3.63, 3.8) is 0 Å². The van der Waals surface area contributed by atoms with Crippen LogP contribution in [0.25, 0.3) is 0 Å². The van der Waals surface area contributed by atoms with Crippen molar-refractivity contribution in [1.82, 2.24) is 5.32 Å². The fourth-order valence-corrected chi connectivity index (χ4v) is 3.14. The lowest BCUT2D eigenvalue weighted by Gasteiger charge is -2.14. The van der Waals surface area contributed by atoms with Gasteiger partial charge in [-0.05, 0) is 37.3 Å². The molecule has 0 aliphatic heterocycles. The van der Waals surface area contributed by atoms with Crippen LogP contribution in [0.1, 0.15) is 19.4 Å². The summed E-state index contributed by atoms with van der Waals surface area (Å²) in [5, 5.41) is 5.42. The minimum absolute atomic E-state index is 0.0400. The summed E-state index contributed by atoms with van der Waals surface area (Å²) in [6.07, 6.45) is 0. The monoisotopic (exact) mass is 358 g/mol. The minimum atomic E-state index is -0.235. The minimum Gasteiger partial charge on any atom is -0.496 e. The first-order valence-corrected chi connectivity index (χ1v) is 8.81. The molecule has 5 nitrogen and oxygen atoms in total. The van der Waals surface area contributed by atoms with Gasteiger partial charge in [0.15, 0.2) is 0 Å². The Morgan fingerprint density at radius 3 is 2.44 bits per heavy atom. The van der Waals surface area contributed by atoms with Gasteiger partial charge in [-0.15, -0.1) is 11.8 Å². The van der Waals surface area contributed by atoms with E-state index < -0.39 is 0 Å². The van der Waals surface area contributed by atoms with E-state index in [-0.39, 0.29) is 17.1 Å². The molecular formula is C19H22N2O3S. The molecule has 2 aromatic carbocycles. The first kappa shape index (κ1) is 18.9. The molecule has 1 atom stereocenters. The van der Waals surface area contributed by atoms with Crippen molar-refractivity contribution < 1.29 is 14.3 Å². The highest BCUT2D eigenvalue weighted by atomic mass is 32.2. The summed E-state index contributed by atoms with van der Waals surface area (Å²) in [6, 6.07) is 15.0. The summed E-state index contributed by atoms with van der Waals surface area (Å²) >= 11 is 1.47. The van der Waals surface area contributed by atoms with Gasteiger partial charge in [-0.3, -0.25) is 9.59 Å². The zero-order valence-corrected chi connectivity index (χ0v) is 15.4. The number of benzene rings is 2.